The zero-order valence-electron chi connectivity index (χ0n) is 10.8. The van der Waals surface area contributed by atoms with Crippen molar-refractivity contribution < 1.29 is 14.7 Å². The van der Waals surface area contributed by atoms with Crippen LogP contribution in [0.2, 0.25) is 0 Å². The van der Waals surface area contributed by atoms with Crippen molar-refractivity contribution in [3.8, 4) is 0 Å². The molecule has 0 aromatic rings. The summed E-state index contributed by atoms with van der Waals surface area (Å²) in [4.78, 5) is 24.8. The molecule has 0 aromatic heterocycles. The maximum absolute atomic E-state index is 12.1. The zero-order chi connectivity index (χ0) is 13.5. The van der Waals surface area contributed by atoms with Gasteiger partial charge in [0.2, 0.25) is 5.91 Å². The number of nitrogens with zero attached hydrogens (tertiary/aromatic N) is 1. The molecule has 1 saturated heterocycles. The summed E-state index contributed by atoms with van der Waals surface area (Å²) in [6.45, 7) is 2.62. The number of carbonyl (C=O) groups is 2. The molecule has 0 saturated carbocycles. The van der Waals surface area contributed by atoms with E-state index in [-0.39, 0.29) is 11.3 Å². The number of hydrogen-bond donors (Lipinski definition) is 2. The number of carboxylic acids is 1. The number of carboxylic acid groups (broad SMARTS) is 1. The number of rotatable bonds is 7. The Kier molecular flexibility index (Phi) is 6.49. The van der Waals surface area contributed by atoms with Crippen molar-refractivity contribution in [3.63, 3.8) is 0 Å². The Morgan fingerprint density at radius 2 is 2.11 bits per heavy atom. The van der Waals surface area contributed by atoms with Gasteiger partial charge in [0, 0.05) is 12.2 Å². The lowest BCUT2D eigenvalue weighted by Crippen LogP contribution is -2.45. The summed E-state index contributed by atoms with van der Waals surface area (Å²) in [6.07, 6.45) is 3.86. The van der Waals surface area contributed by atoms with Gasteiger partial charge in [0.05, 0.1) is 5.37 Å². The van der Waals surface area contributed by atoms with E-state index in [1.807, 2.05) is 6.92 Å². The van der Waals surface area contributed by atoms with Crippen LogP contribution in [0.3, 0.4) is 0 Å². The van der Waals surface area contributed by atoms with E-state index in [2.05, 4.69) is 0 Å². The lowest BCUT2D eigenvalue weighted by molar-refractivity contribution is -0.149. The van der Waals surface area contributed by atoms with Crippen LogP contribution in [0.15, 0.2) is 0 Å². The fourth-order valence-electron chi connectivity index (χ4n) is 2.13. The predicted octanol–water partition coefficient (Wildman–Crippen LogP) is 1.27. The number of thioether (sulfide) groups is 1. The fourth-order valence-corrected chi connectivity index (χ4v) is 3.50. The van der Waals surface area contributed by atoms with Crippen LogP contribution < -0.4 is 5.73 Å². The van der Waals surface area contributed by atoms with Crippen molar-refractivity contribution in [1.29, 1.82) is 0 Å². The monoisotopic (exact) mass is 274 g/mol. The van der Waals surface area contributed by atoms with Gasteiger partial charge in [-0.2, -0.15) is 0 Å². The number of nitrogens with two attached hydrogens (primary N) is 1. The van der Waals surface area contributed by atoms with Crippen LogP contribution in [0.25, 0.3) is 0 Å². The Hall–Kier alpha value is -0.750. The number of amides is 1. The van der Waals surface area contributed by atoms with Gasteiger partial charge in [0.15, 0.2) is 0 Å². The van der Waals surface area contributed by atoms with Gasteiger partial charge in [-0.25, -0.2) is 4.79 Å². The van der Waals surface area contributed by atoms with Crippen LogP contribution in [0.1, 0.15) is 39.0 Å². The Bertz CT molecular complexity index is 299. The van der Waals surface area contributed by atoms with Crippen molar-refractivity contribution in [2.24, 2.45) is 5.73 Å². The highest BCUT2D eigenvalue weighted by Gasteiger charge is 2.40. The second kappa shape index (κ2) is 7.63. The van der Waals surface area contributed by atoms with Gasteiger partial charge in [0.25, 0.3) is 0 Å². The molecule has 1 amide bonds. The Labute approximate surface area is 112 Å². The third kappa shape index (κ3) is 3.88. The van der Waals surface area contributed by atoms with Crippen molar-refractivity contribution in [1.82, 2.24) is 4.90 Å². The number of unbranched alkanes of at least 4 members (excludes halogenated alkanes) is 2. The van der Waals surface area contributed by atoms with Gasteiger partial charge in [-0.1, -0.05) is 13.3 Å². The van der Waals surface area contributed by atoms with Crippen molar-refractivity contribution >= 4 is 23.6 Å². The molecule has 0 aromatic carbocycles. The van der Waals surface area contributed by atoms with Gasteiger partial charge in [0.1, 0.15) is 6.04 Å². The lowest BCUT2D eigenvalue weighted by Gasteiger charge is -2.26. The maximum atomic E-state index is 12.1. The first-order chi connectivity index (χ1) is 8.61. The van der Waals surface area contributed by atoms with Crippen LogP contribution in [0.5, 0.6) is 0 Å². The molecular weight excluding hydrogens is 252 g/mol. The van der Waals surface area contributed by atoms with E-state index in [1.165, 1.54) is 0 Å². The average Bonchev–Trinajstić information content (AvgIpc) is 2.78. The van der Waals surface area contributed by atoms with E-state index >= 15 is 0 Å². The number of carbonyl (C=O) groups excluding carboxylic acids is 1. The molecule has 1 aliphatic rings. The van der Waals surface area contributed by atoms with Gasteiger partial charge in [-0.15, -0.1) is 11.8 Å². The Balaban J connectivity index is 2.52. The molecule has 6 heteroatoms. The highest BCUT2D eigenvalue weighted by atomic mass is 32.2. The molecular formula is C12H22N2O3S. The van der Waals surface area contributed by atoms with Crippen LogP contribution in [0, 0.1) is 0 Å². The summed E-state index contributed by atoms with van der Waals surface area (Å²) in [5, 5.41) is 9.15. The molecule has 1 aliphatic heterocycles. The van der Waals surface area contributed by atoms with Crippen molar-refractivity contribution in [3.05, 3.63) is 0 Å². The lowest BCUT2D eigenvalue weighted by atomic mass is 10.1. The smallest absolute Gasteiger partial charge is 0.327 e. The molecule has 2 atom stereocenters. The molecule has 104 valence electrons. The van der Waals surface area contributed by atoms with Crippen LogP contribution >= 0.6 is 11.8 Å². The fraction of sp³-hybridized carbons (Fsp3) is 0.833. The van der Waals surface area contributed by atoms with E-state index in [0.29, 0.717) is 18.7 Å². The molecule has 0 bridgehead atoms. The third-order valence-electron chi connectivity index (χ3n) is 3.11. The summed E-state index contributed by atoms with van der Waals surface area (Å²) in [6, 6.07) is -0.651. The predicted molar refractivity (Wildman–Crippen MR) is 72.3 cm³/mol. The first-order valence-electron chi connectivity index (χ1n) is 6.47. The minimum atomic E-state index is -0.895. The van der Waals surface area contributed by atoms with Crippen LogP contribution in [-0.4, -0.2) is 45.6 Å². The van der Waals surface area contributed by atoms with Gasteiger partial charge < -0.3 is 15.7 Å². The molecule has 0 spiro atoms. The van der Waals surface area contributed by atoms with Crippen LogP contribution in [-0.2, 0) is 9.59 Å². The summed E-state index contributed by atoms with van der Waals surface area (Å²) in [5.74, 6) is -0.424. The molecule has 5 nitrogen and oxygen atoms in total. The molecule has 2 unspecified atom stereocenters. The average molecular weight is 274 g/mol. The molecule has 3 N–H and O–H groups in total. The van der Waals surface area contributed by atoms with E-state index in [4.69, 9.17) is 10.8 Å². The molecule has 1 rings (SSSR count). The Morgan fingerprint density at radius 1 is 1.39 bits per heavy atom. The van der Waals surface area contributed by atoms with Gasteiger partial charge >= 0.3 is 5.97 Å². The molecule has 1 fully saturated rings. The van der Waals surface area contributed by atoms with E-state index in [1.54, 1.807) is 16.7 Å². The van der Waals surface area contributed by atoms with E-state index < -0.39 is 12.0 Å². The van der Waals surface area contributed by atoms with Crippen molar-refractivity contribution in [2.45, 2.75) is 50.4 Å². The standard InChI is InChI=1S/C12H22N2O3S/c1-2-11-14(9(8-18-11)12(16)17)10(15)6-4-3-5-7-13/h9,11H,2-8,13H2,1H3,(H,16,17). The minimum absolute atomic E-state index is 0.0214. The van der Waals surface area contributed by atoms with E-state index in [0.717, 1.165) is 25.7 Å². The maximum Gasteiger partial charge on any atom is 0.327 e. The summed E-state index contributed by atoms with van der Waals surface area (Å²) < 4.78 is 0. The second-order valence-electron chi connectivity index (χ2n) is 4.45. The normalized spacial score (nSPS) is 23.3. The molecule has 18 heavy (non-hydrogen) atoms. The molecule has 0 radical (unpaired) electrons. The van der Waals surface area contributed by atoms with Gasteiger partial charge in [-0.3, -0.25) is 4.79 Å². The topological polar surface area (TPSA) is 83.6 Å². The first-order valence-corrected chi connectivity index (χ1v) is 7.52. The zero-order valence-corrected chi connectivity index (χ0v) is 11.6. The highest BCUT2D eigenvalue weighted by Crippen LogP contribution is 2.32. The number of hydrogen-bond acceptors (Lipinski definition) is 4. The Morgan fingerprint density at radius 3 is 2.67 bits per heavy atom. The highest BCUT2D eigenvalue weighted by molar-refractivity contribution is 8.00. The van der Waals surface area contributed by atoms with Crippen molar-refractivity contribution in [2.75, 3.05) is 12.3 Å². The first kappa shape index (κ1) is 15.3. The van der Waals surface area contributed by atoms with Gasteiger partial charge in [-0.05, 0) is 25.8 Å². The summed E-state index contributed by atoms with van der Waals surface area (Å²) >= 11 is 1.56. The largest absolute Gasteiger partial charge is 0.480 e. The second-order valence-corrected chi connectivity index (χ2v) is 5.66. The quantitative estimate of drug-likeness (QED) is 0.683. The summed E-state index contributed by atoms with van der Waals surface area (Å²) in [5.41, 5.74) is 5.40. The minimum Gasteiger partial charge on any atom is -0.480 e. The SMILES string of the molecule is CCC1SCC(C(=O)O)N1C(=O)CCCCCN. The van der Waals surface area contributed by atoms with E-state index in [9.17, 15) is 9.59 Å². The van der Waals surface area contributed by atoms with Crippen LogP contribution in [0.4, 0.5) is 0 Å². The molecule has 1 heterocycles. The third-order valence-corrected chi connectivity index (χ3v) is 4.56. The summed E-state index contributed by atoms with van der Waals surface area (Å²) in [7, 11) is 0. The number of aliphatic carboxylic acids is 1. The molecule has 0 aliphatic carbocycles.